The van der Waals surface area contributed by atoms with E-state index in [9.17, 15) is 0 Å². The van der Waals surface area contributed by atoms with Crippen molar-refractivity contribution in [2.75, 3.05) is 0 Å². The van der Waals surface area contributed by atoms with Crippen molar-refractivity contribution in [2.24, 2.45) is 10.8 Å². The molecule has 0 aromatic carbocycles. The van der Waals surface area contributed by atoms with Crippen LogP contribution in [0, 0.1) is 63.4 Å². The van der Waals surface area contributed by atoms with Gasteiger partial charge in [0.05, 0.1) is 0 Å². The molecule has 1 heteroatoms. The summed E-state index contributed by atoms with van der Waals surface area (Å²) in [5, 5.41) is 0. The van der Waals surface area contributed by atoms with Crippen LogP contribution >= 0.6 is 0 Å². The minimum absolute atomic E-state index is 0. The summed E-state index contributed by atoms with van der Waals surface area (Å²) in [5.74, 6) is 0. The molecular weight excluding hydrogens is 391 g/mol. The third-order valence-electron chi connectivity index (χ3n) is 5.12. The quantitative estimate of drug-likeness (QED) is 0.408. The second kappa shape index (κ2) is 7.25. The van der Waals surface area contributed by atoms with Crippen molar-refractivity contribution < 1.29 is 40.4 Å². The zero-order valence-electron chi connectivity index (χ0n) is 15.4. The fraction of sp³-hybridized carbons (Fsp3) is 0.600. The number of hydrogen-bond acceptors (Lipinski definition) is 0. The van der Waals surface area contributed by atoms with Crippen molar-refractivity contribution in [1.29, 1.82) is 0 Å². The fourth-order valence-electron chi connectivity index (χ4n) is 2.81. The van der Waals surface area contributed by atoms with E-state index < -0.39 is 0 Å². The first kappa shape index (κ1) is 21.3. The molecule has 0 atom stereocenters. The van der Waals surface area contributed by atoms with Crippen LogP contribution < -0.4 is 0 Å². The molecule has 0 aromatic rings. The molecule has 0 amide bonds. The second-order valence-corrected chi connectivity index (χ2v) is 7.25. The molecule has 2 rings (SSSR count). The number of rotatable bonds is 0. The molecule has 0 saturated heterocycles. The smallest absolute Gasteiger partial charge is 0 e. The van der Waals surface area contributed by atoms with Crippen molar-refractivity contribution in [1.82, 2.24) is 0 Å². The van der Waals surface area contributed by atoms with Crippen LogP contribution in [0.1, 0.15) is 69.2 Å². The molecule has 0 heterocycles. The maximum absolute atomic E-state index is 3.44. The van der Waals surface area contributed by atoms with E-state index in [1.54, 1.807) is 0 Å². The summed E-state index contributed by atoms with van der Waals surface area (Å²) in [4.78, 5) is 0. The predicted molar refractivity (Wildman–Crippen MR) is 89.2 cm³/mol. The Hall–Kier alpha value is 0.298. The summed E-state index contributed by atoms with van der Waals surface area (Å²) in [7, 11) is 0. The normalized spacial score (nSPS) is 22.4. The van der Waals surface area contributed by atoms with E-state index in [-0.39, 0.29) is 51.2 Å². The van der Waals surface area contributed by atoms with Crippen molar-refractivity contribution in [3.8, 4) is 0 Å². The van der Waals surface area contributed by atoms with Crippen LogP contribution in [0.4, 0.5) is 0 Å². The van der Waals surface area contributed by atoms with Gasteiger partial charge >= 0.3 is 0 Å². The zero-order chi connectivity index (χ0) is 15.9. The first-order valence-corrected chi connectivity index (χ1v) is 7.50. The van der Waals surface area contributed by atoms with E-state index in [4.69, 9.17) is 0 Å². The van der Waals surface area contributed by atoms with Gasteiger partial charge < -0.3 is 0 Å². The molecule has 2 aliphatic rings. The molecule has 0 aliphatic heterocycles. The number of hydrogen-bond donors (Lipinski definition) is 0. The Labute approximate surface area is 165 Å². The number of allylic oxidation sites excluding steroid dienone is 8. The Morgan fingerprint density at radius 3 is 0.857 bits per heavy atom. The molecule has 0 nitrogen and oxygen atoms in total. The second-order valence-electron chi connectivity index (χ2n) is 7.25. The summed E-state index contributed by atoms with van der Waals surface area (Å²) in [5.41, 5.74) is 8.79. The molecule has 118 valence electrons. The average Bonchev–Trinajstić information content (AvgIpc) is 2.60. The van der Waals surface area contributed by atoms with E-state index in [1.165, 1.54) is 33.4 Å². The van der Waals surface area contributed by atoms with Crippen LogP contribution in [0.25, 0.3) is 0 Å². The van der Waals surface area contributed by atoms with Gasteiger partial charge in [-0.1, -0.05) is 66.2 Å². The largest absolute Gasteiger partial charge is 0.263 e. The Bertz CT molecular complexity index is 484. The molecule has 0 unspecified atom stereocenters. The van der Waals surface area contributed by atoms with Crippen LogP contribution in [-0.2, 0) is 0 Å². The summed E-state index contributed by atoms with van der Waals surface area (Å²) >= 11 is 0. The standard InChI is InChI=1S/2C10H15.Sm/c2*1-7-6-10(4,5)9(3)8(7)2;/h2*1-5H3;/q2*-1;. The summed E-state index contributed by atoms with van der Waals surface area (Å²) in [6.07, 6.45) is 6.87. The van der Waals surface area contributed by atoms with Gasteiger partial charge in [0.25, 0.3) is 0 Å². The van der Waals surface area contributed by atoms with E-state index in [0.717, 1.165) is 0 Å². The molecular formula is C20H30Sm-2. The van der Waals surface area contributed by atoms with Crippen LogP contribution in [0.3, 0.4) is 0 Å². The van der Waals surface area contributed by atoms with E-state index in [1.807, 2.05) is 0 Å². The monoisotopic (exact) mass is 422 g/mol. The average molecular weight is 421 g/mol. The summed E-state index contributed by atoms with van der Waals surface area (Å²) in [6, 6.07) is 0. The molecule has 21 heavy (non-hydrogen) atoms. The Kier molecular flexibility index (Phi) is 7.35. The first-order chi connectivity index (χ1) is 8.90. The summed E-state index contributed by atoms with van der Waals surface area (Å²) in [6.45, 7) is 21.8. The minimum Gasteiger partial charge on any atom is -0.263 e. The predicted octanol–water partition coefficient (Wildman–Crippen LogP) is 6.22. The van der Waals surface area contributed by atoms with Crippen LogP contribution in [-0.4, -0.2) is 0 Å². The fourth-order valence-corrected chi connectivity index (χ4v) is 2.81. The molecule has 0 spiro atoms. The van der Waals surface area contributed by atoms with Gasteiger partial charge in [-0.25, -0.2) is 11.1 Å². The van der Waals surface area contributed by atoms with Crippen molar-refractivity contribution in [3.63, 3.8) is 0 Å². The van der Waals surface area contributed by atoms with Crippen LogP contribution in [0.5, 0.6) is 0 Å². The SMILES string of the molecule is CC1=[C-]C(C)(C)C(C)=C1C.CC1=[C-]C(C)(C)C(C)=C1C.[Sm]. The van der Waals surface area contributed by atoms with Gasteiger partial charge in [0.15, 0.2) is 0 Å². The van der Waals surface area contributed by atoms with E-state index >= 15 is 0 Å². The molecule has 0 radical (unpaired) electrons. The maximum atomic E-state index is 3.44. The third-order valence-corrected chi connectivity index (χ3v) is 5.12. The first-order valence-electron chi connectivity index (χ1n) is 7.50. The van der Waals surface area contributed by atoms with E-state index in [0.29, 0.717) is 0 Å². The van der Waals surface area contributed by atoms with Gasteiger partial charge in [0.2, 0.25) is 0 Å². The van der Waals surface area contributed by atoms with Crippen LogP contribution in [0.15, 0.2) is 33.4 Å². The van der Waals surface area contributed by atoms with Crippen molar-refractivity contribution in [2.45, 2.75) is 69.2 Å². The topological polar surface area (TPSA) is 0 Å². The molecule has 0 bridgehead atoms. The minimum atomic E-state index is 0. The Morgan fingerprint density at radius 1 is 0.571 bits per heavy atom. The van der Waals surface area contributed by atoms with Gasteiger partial charge in [-0.05, 0) is 0 Å². The Balaban J connectivity index is 0.000000364. The van der Waals surface area contributed by atoms with Gasteiger partial charge in [0, 0.05) is 40.4 Å². The molecule has 0 aromatic heterocycles. The zero-order valence-corrected chi connectivity index (χ0v) is 18.0. The van der Waals surface area contributed by atoms with Gasteiger partial charge in [-0.15, -0.1) is 13.8 Å². The molecule has 0 N–H and O–H groups in total. The van der Waals surface area contributed by atoms with Crippen molar-refractivity contribution in [3.05, 3.63) is 45.6 Å². The molecule has 0 saturated carbocycles. The summed E-state index contributed by atoms with van der Waals surface area (Å²) < 4.78 is 0. The van der Waals surface area contributed by atoms with Gasteiger partial charge in [-0.2, -0.15) is 22.3 Å². The molecule has 2 aliphatic carbocycles. The molecule has 0 fully saturated rings. The maximum Gasteiger partial charge on any atom is 0 e. The Morgan fingerprint density at radius 2 is 0.810 bits per heavy atom. The van der Waals surface area contributed by atoms with Crippen molar-refractivity contribution >= 4 is 0 Å². The third kappa shape index (κ3) is 4.63. The van der Waals surface area contributed by atoms with E-state index in [2.05, 4.69) is 81.4 Å². The van der Waals surface area contributed by atoms with Gasteiger partial charge in [-0.3, -0.25) is 12.2 Å². The van der Waals surface area contributed by atoms with Crippen LogP contribution in [0.2, 0.25) is 0 Å². The van der Waals surface area contributed by atoms with Gasteiger partial charge in [0.1, 0.15) is 0 Å².